The fourth-order valence-corrected chi connectivity index (χ4v) is 4.44. The molecule has 1 saturated heterocycles. The Morgan fingerprint density at radius 1 is 1.14 bits per heavy atom. The van der Waals surface area contributed by atoms with E-state index in [0.717, 1.165) is 63.4 Å². The fraction of sp³-hybridized carbons (Fsp3) is 0.682. The van der Waals surface area contributed by atoms with Crippen LogP contribution in [0.2, 0.25) is 0 Å². The minimum Gasteiger partial charge on any atom is -0.490 e. The van der Waals surface area contributed by atoms with Crippen molar-refractivity contribution in [2.75, 3.05) is 19.6 Å². The van der Waals surface area contributed by atoms with Gasteiger partial charge in [0.15, 0.2) is 0 Å². The van der Waals surface area contributed by atoms with E-state index in [1.165, 1.54) is 25.3 Å². The van der Waals surface area contributed by atoms with Gasteiger partial charge in [-0.25, -0.2) is 0 Å². The molecule has 29 heavy (non-hydrogen) atoms. The molecule has 162 valence electrons. The molecule has 4 nitrogen and oxygen atoms in total. The zero-order chi connectivity index (χ0) is 20.9. The topological polar surface area (TPSA) is 41.6 Å². The number of hydrogen-bond donors (Lipinski definition) is 1. The lowest BCUT2D eigenvalue weighted by Gasteiger charge is -2.34. The molecule has 0 radical (unpaired) electrons. The molecule has 1 aliphatic carbocycles. The second-order valence-electron chi connectivity index (χ2n) is 8.39. The minimum absolute atomic E-state index is 0.0252. The van der Waals surface area contributed by atoms with Crippen LogP contribution in [0.3, 0.4) is 0 Å². The maximum atomic E-state index is 12.8. The smallest absolute Gasteiger partial charge is 0.416 e. The number of ether oxygens (including phenoxy) is 1. The van der Waals surface area contributed by atoms with Crippen molar-refractivity contribution in [1.29, 1.82) is 0 Å². The van der Waals surface area contributed by atoms with Crippen LogP contribution >= 0.6 is 0 Å². The van der Waals surface area contributed by atoms with Gasteiger partial charge in [0.25, 0.3) is 0 Å². The standard InChI is InChI=1S/C22H31F3N2O2/c1-16(28)26-19-7-5-17(6-8-19)9-12-27-13-10-20(11-14-27)29-21-4-2-3-18(15-21)22(23,24)25/h2-4,15,17,19-20H,5-14H2,1H3,(H,26,28). The number of hydrogen-bond acceptors (Lipinski definition) is 3. The van der Waals surface area contributed by atoms with Gasteiger partial charge in [-0.05, 0) is 75.6 Å². The summed E-state index contributed by atoms with van der Waals surface area (Å²) in [7, 11) is 0. The Morgan fingerprint density at radius 2 is 1.83 bits per heavy atom. The molecule has 1 amide bonds. The van der Waals surface area contributed by atoms with E-state index in [9.17, 15) is 18.0 Å². The Morgan fingerprint density at radius 3 is 2.45 bits per heavy atom. The summed E-state index contributed by atoms with van der Waals surface area (Å²) in [5.41, 5.74) is -0.666. The Balaban J connectivity index is 1.35. The molecule has 1 aliphatic heterocycles. The quantitative estimate of drug-likeness (QED) is 0.741. The van der Waals surface area contributed by atoms with E-state index >= 15 is 0 Å². The van der Waals surface area contributed by atoms with Crippen molar-refractivity contribution in [2.45, 2.75) is 70.2 Å². The lowest BCUT2D eigenvalue weighted by Crippen LogP contribution is -2.40. The Kier molecular flexibility index (Phi) is 7.44. The first kappa shape index (κ1) is 21.9. The monoisotopic (exact) mass is 412 g/mol. The summed E-state index contributed by atoms with van der Waals surface area (Å²) in [5.74, 6) is 1.08. The first-order chi connectivity index (χ1) is 13.8. The van der Waals surface area contributed by atoms with Crippen molar-refractivity contribution in [3.8, 4) is 5.75 Å². The van der Waals surface area contributed by atoms with Crippen LogP contribution in [0.15, 0.2) is 24.3 Å². The summed E-state index contributed by atoms with van der Waals surface area (Å²) in [5, 5.41) is 3.02. The van der Waals surface area contributed by atoms with E-state index in [1.807, 2.05) is 0 Å². The van der Waals surface area contributed by atoms with E-state index in [1.54, 1.807) is 13.0 Å². The number of rotatable bonds is 6. The summed E-state index contributed by atoms with van der Waals surface area (Å²) in [6.45, 7) is 4.48. The van der Waals surface area contributed by atoms with E-state index in [0.29, 0.717) is 11.8 Å². The summed E-state index contributed by atoms with van der Waals surface area (Å²) in [4.78, 5) is 13.6. The number of piperidine rings is 1. The molecule has 0 atom stereocenters. The third kappa shape index (κ3) is 6.91. The molecule has 1 aromatic rings. The summed E-state index contributed by atoms with van der Waals surface area (Å²) < 4.78 is 44.3. The number of alkyl halides is 3. The van der Waals surface area contributed by atoms with Gasteiger partial charge in [-0.15, -0.1) is 0 Å². The highest BCUT2D eigenvalue weighted by atomic mass is 19.4. The molecule has 0 bridgehead atoms. The lowest BCUT2D eigenvalue weighted by molar-refractivity contribution is -0.137. The van der Waals surface area contributed by atoms with Crippen LogP contribution in [-0.2, 0) is 11.0 Å². The van der Waals surface area contributed by atoms with Crippen LogP contribution in [0.5, 0.6) is 5.75 Å². The SMILES string of the molecule is CC(=O)NC1CCC(CCN2CCC(Oc3cccc(C(F)(F)F)c3)CC2)CC1. The first-order valence-electron chi connectivity index (χ1n) is 10.6. The Bertz CT molecular complexity index is 664. The van der Waals surface area contributed by atoms with Crippen molar-refractivity contribution >= 4 is 5.91 Å². The molecule has 1 saturated carbocycles. The van der Waals surface area contributed by atoms with Gasteiger partial charge in [-0.2, -0.15) is 13.2 Å². The van der Waals surface area contributed by atoms with Crippen molar-refractivity contribution in [3.63, 3.8) is 0 Å². The molecule has 1 N–H and O–H groups in total. The number of nitrogens with zero attached hydrogens (tertiary/aromatic N) is 1. The molecule has 0 aromatic heterocycles. The van der Waals surface area contributed by atoms with E-state index < -0.39 is 11.7 Å². The number of benzene rings is 1. The van der Waals surface area contributed by atoms with E-state index in [2.05, 4.69) is 10.2 Å². The number of nitrogens with one attached hydrogen (secondary N) is 1. The van der Waals surface area contributed by atoms with Gasteiger partial charge in [-0.3, -0.25) is 4.79 Å². The maximum absolute atomic E-state index is 12.8. The third-order valence-corrected chi connectivity index (χ3v) is 6.11. The Hall–Kier alpha value is -1.76. The second-order valence-corrected chi connectivity index (χ2v) is 8.39. The van der Waals surface area contributed by atoms with Gasteiger partial charge in [0.2, 0.25) is 5.91 Å². The molecule has 0 spiro atoms. The molecule has 0 unspecified atom stereocenters. The number of carbonyl (C=O) groups excluding carboxylic acids is 1. The van der Waals surface area contributed by atoms with E-state index in [-0.39, 0.29) is 12.0 Å². The predicted octanol–water partition coefficient (Wildman–Crippen LogP) is 4.63. The molecule has 2 aliphatic rings. The molecule has 1 heterocycles. The lowest BCUT2D eigenvalue weighted by atomic mass is 9.84. The van der Waals surface area contributed by atoms with E-state index in [4.69, 9.17) is 4.74 Å². The van der Waals surface area contributed by atoms with Crippen LogP contribution in [0.4, 0.5) is 13.2 Å². The highest BCUT2D eigenvalue weighted by Gasteiger charge is 2.31. The molecular weight excluding hydrogens is 381 g/mol. The second kappa shape index (κ2) is 9.83. The third-order valence-electron chi connectivity index (χ3n) is 6.11. The summed E-state index contributed by atoms with van der Waals surface area (Å²) in [6, 6.07) is 5.49. The summed E-state index contributed by atoms with van der Waals surface area (Å²) in [6.07, 6.45) is 2.95. The fourth-order valence-electron chi connectivity index (χ4n) is 4.44. The maximum Gasteiger partial charge on any atom is 0.416 e. The van der Waals surface area contributed by atoms with Crippen LogP contribution in [0.1, 0.15) is 57.4 Å². The highest BCUT2D eigenvalue weighted by molar-refractivity contribution is 5.73. The number of carbonyl (C=O) groups is 1. The molecular formula is C22H31F3N2O2. The Labute approximate surface area is 170 Å². The average molecular weight is 412 g/mol. The van der Waals surface area contributed by atoms with Gasteiger partial charge in [0.05, 0.1) is 5.56 Å². The molecule has 3 rings (SSSR count). The zero-order valence-electron chi connectivity index (χ0n) is 17.0. The van der Waals surface area contributed by atoms with Crippen molar-refractivity contribution in [2.24, 2.45) is 5.92 Å². The highest BCUT2D eigenvalue weighted by Crippen LogP contribution is 2.32. The van der Waals surface area contributed by atoms with Gasteiger partial charge >= 0.3 is 6.18 Å². The molecule has 2 fully saturated rings. The zero-order valence-corrected chi connectivity index (χ0v) is 17.0. The molecule has 7 heteroatoms. The summed E-state index contributed by atoms with van der Waals surface area (Å²) >= 11 is 0. The van der Waals surface area contributed by atoms with Crippen molar-refractivity contribution in [3.05, 3.63) is 29.8 Å². The average Bonchev–Trinajstić information content (AvgIpc) is 2.68. The minimum atomic E-state index is -4.34. The van der Waals surface area contributed by atoms with Crippen LogP contribution in [-0.4, -0.2) is 42.6 Å². The normalized spacial score (nSPS) is 24.3. The van der Waals surface area contributed by atoms with Gasteiger partial charge in [-0.1, -0.05) is 6.07 Å². The van der Waals surface area contributed by atoms with Crippen LogP contribution in [0.25, 0.3) is 0 Å². The number of amides is 1. The van der Waals surface area contributed by atoms with Gasteiger partial charge in [0.1, 0.15) is 11.9 Å². The largest absolute Gasteiger partial charge is 0.490 e. The van der Waals surface area contributed by atoms with Crippen LogP contribution < -0.4 is 10.1 Å². The predicted molar refractivity (Wildman–Crippen MR) is 106 cm³/mol. The number of halogens is 3. The molecule has 1 aromatic carbocycles. The van der Waals surface area contributed by atoms with Crippen LogP contribution in [0, 0.1) is 5.92 Å². The first-order valence-corrected chi connectivity index (χ1v) is 10.6. The van der Waals surface area contributed by atoms with Gasteiger partial charge in [0, 0.05) is 26.1 Å². The van der Waals surface area contributed by atoms with Crippen molar-refractivity contribution in [1.82, 2.24) is 10.2 Å². The number of likely N-dealkylation sites (tertiary alicyclic amines) is 1. The van der Waals surface area contributed by atoms with Crippen molar-refractivity contribution < 1.29 is 22.7 Å². The van der Waals surface area contributed by atoms with Gasteiger partial charge < -0.3 is 15.0 Å².